The molecule has 0 aromatic heterocycles. The van der Waals surface area contributed by atoms with Gasteiger partial charge in [0.15, 0.2) is 0 Å². The molecule has 0 saturated carbocycles. The predicted octanol–water partition coefficient (Wildman–Crippen LogP) is 3.54. The van der Waals surface area contributed by atoms with Gasteiger partial charge in [-0.2, -0.15) is 0 Å². The molecule has 3 aliphatic heterocycles. The fraction of sp³-hybridized carbons (Fsp3) is 0.750. The Labute approximate surface area is 144 Å². The standard InChI is InChI=1S/C20H30O4/c1-12-7-5-9-13(2)17-18-15(14(3)19(21)24-18)11-16(23-17)20(4,22)10-6-8-12/h8,13,15-18,22H,3,5-7,9-11H2,1-2,4H3/b12-8+/t13?,15-,16+,17+,18+,20?/m0/s1. The lowest BCUT2D eigenvalue weighted by Crippen LogP contribution is -2.54. The number of esters is 1. The van der Waals surface area contributed by atoms with Gasteiger partial charge in [-0.1, -0.05) is 25.2 Å². The van der Waals surface area contributed by atoms with Crippen LogP contribution in [0, 0.1) is 11.8 Å². The molecular weight excluding hydrogens is 304 g/mol. The molecule has 1 N–H and O–H groups in total. The fourth-order valence-corrected chi connectivity index (χ4v) is 4.36. The maximum atomic E-state index is 12.0. The molecule has 0 aromatic carbocycles. The van der Waals surface area contributed by atoms with Crippen molar-refractivity contribution in [3.05, 3.63) is 23.8 Å². The highest BCUT2D eigenvalue weighted by Crippen LogP contribution is 2.44. The minimum absolute atomic E-state index is 0.0320. The van der Waals surface area contributed by atoms with Gasteiger partial charge in [-0.05, 0) is 58.3 Å². The van der Waals surface area contributed by atoms with E-state index in [2.05, 4.69) is 26.5 Å². The minimum Gasteiger partial charge on any atom is -0.456 e. The Hall–Kier alpha value is -1.13. The van der Waals surface area contributed by atoms with E-state index in [4.69, 9.17) is 9.47 Å². The summed E-state index contributed by atoms with van der Waals surface area (Å²) in [4.78, 5) is 12.0. The van der Waals surface area contributed by atoms with E-state index in [0.717, 1.165) is 25.7 Å². The summed E-state index contributed by atoms with van der Waals surface area (Å²) < 4.78 is 11.9. The van der Waals surface area contributed by atoms with Crippen molar-refractivity contribution in [1.29, 1.82) is 0 Å². The summed E-state index contributed by atoms with van der Waals surface area (Å²) >= 11 is 0. The fourth-order valence-electron chi connectivity index (χ4n) is 4.36. The second-order valence-corrected chi connectivity index (χ2v) is 8.14. The van der Waals surface area contributed by atoms with Crippen LogP contribution in [0.2, 0.25) is 0 Å². The zero-order valence-corrected chi connectivity index (χ0v) is 15.1. The SMILES string of the molecule is C=C1C(=O)O[C@H]2[C@@H]3O[C@H](C[C@@H]12)C(C)(O)CC/C=C(\C)CCCC3C. The monoisotopic (exact) mass is 334 g/mol. The molecule has 2 fully saturated rings. The van der Waals surface area contributed by atoms with Gasteiger partial charge in [0.05, 0.1) is 17.8 Å². The normalized spacial score (nSPS) is 46.2. The Morgan fingerprint density at radius 3 is 2.88 bits per heavy atom. The van der Waals surface area contributed by atoms with E-state index in [9.17, 15) is 9.90 Å². The molecule has 6 atom stereocenters. The van der Waals surface area contributed by atoms with Gasteiger partial charge < -0.3 is 14.6 Å². The van der Waals surface area contributed by atoms with Gasteiger partial charge in [-0.3, -0.25) is 0 Å². The van der Waals surface area contributed by atoms with Crippen molar-refractivity contribution >= 4 is 5.97 Å². The van der Waals surface area contributed by atoms with E-state index >= 15 is 0 Å². The second kappa shape index (κ2) is 6.64. The Kier molecular flexibility index (Phi) is 4.89. The summed E-state index contributed by atoms with van der Waals surface area (Å²) in [7, 11) is 0. The third-order valence-corrected chi connectivity index (χ3v) is 6.09. The van der Waals surface area contributed by atoms with E-state index in [-0.39, 0.29) is 36.1 Å². The number of ether oxygens (including phenoxy) is 2. The Morgan fingerprint density at radius 2 is 2.12 bits per heavy atom. The van der Waals surface area contributed by atoms with Crippen molar-refractivity contribution < 1.29 is 19.4 Å². The summed E-state index contributed by atoms with van der Waals surface area (Å²) in [5.41, 5.74) is 1.03. The lowest BCUT2D eigenvalue weighted by Gasteiger charge is -2.45. The van der Waals surface area contributed by atoms with Crippen LogP contribution in [0.1, 0.15) is 59.3 Å². The van der Waals surface area contributed by atoms with Crippen molar-refractivity contribution in [2.45, 2.75) is 83.2 Å². The first-order valence-corrected chi connectivity index (χ1v) is 9.23. The third-order valence-electron chi connectivity index (χ3n) is 6.09. The summed E-state index contributed by atoms with van der Waals surface area (Å²) in [6, 6.07) is 0. The molecule has 3 rings (SSSR count). The smallest absolute Gasteiger partial charge is 0.334 e. The van der Waals surface area contributed by atoms with Crippen LogP contribution in [-0.2, 0) is 14.3 Å². The van der Waals surface area contributed by atoms with Crippen molar-refractivity contribution in [3.8, 4) is 0 Å². The van der Waals surface area contributed by atoms with Crippen LogP contribution in [0.3, 0.4) is 0 Å². The van der Waals surface area contributed by atoms with E-state index < -0.39 is 5.60 Å². The van der Waals surface area contributed by atoms with Gasteiger partial charge in [0.1, 0.15) is 6.10 Å². The van der Waals surface area contributed by atoms with Crippen molar-refractivity contribution in [2.24, 2.45) is 11.8 Å². The molecule has 2 bridgehead atoms. The Balaban J connectivity index is 1.90. The van der Waals surface area contributed by atoms with Gasteiger partial charge in [-0.25, -0.2) is 4.79 Å². The first-order chi connectivity index (χ1) is 11.3. The van der Waals surface area contributed by atoms with Gasteiger partial charge in [0.25, 0.3) is 0 Å². The first-order valence-electron chi connectivity index (χ1n) is 9.23. The van der Waals surface area contributed by atoms with Crippen LogP contribution in [0.4, 0.5) is 0 Å². The largest absolute Gasteiger partial charge is 0.456 e. The summed E-state index contributed by atoms with van der Waals surface area (Å²) in [6.07, 6.45) is 6.87. The molecule has 4 nitrogen and oxygen atoms in total. The Bertz CT molecular complexity index is 548. The van der Waals surface area contributed by atoms with E-state index in [1.165, 1.54) is 5.57 Å². The van der Waals surface area contributed by atoms with E-state index in [0.29, 0.717) is 18.4 Å². The topological polar surface area (TPSA) is 55.8 Å². The van der Waals surface area contributed by atoms with Crippen LogP contribution < -0.4 is 0 Å². The molecule has 4 heteroatoms. The molecule has 0 aliphatic carbocycles. The van der Waals surface area contributed by atoms with Crippen LogP contribution in [0.5, 0.6) is 0 Å². The molecule has 2 saturated heterocycles. The zero-order chi connectivity index (χ0) is 17.5. The van der Waals surface area contributed by atoms with E-state index in [1.54, 1.807) is 0 Å². The zero-order valence-electron chi connectivity index (χ0n) is 15.1. The van der Waals surface area contributed by atoms with Crippen LogP contribution in [0.15, 0.2) is 23.8 Å². The number of allylic oxidation sites excluding steroid dienone is 2. The van der Waals surface area contributed by atoms with E-state index in [1.807, 2.05) is 6.92 Å². The van der Waals surface area contributed by atoms with Gasteiger partial charge in [0.2, 0.25) is 0 Å². The molecule has 3 heterocycles. The number of hydrogen-bond donors (Lipinski definition) is 1. The molecular formula is C20H30O4. The molecule has 0 spiro atoms. The number of carbonyl (C=O) groups excluding carboxylic acids is 1. The lowest BCUT2D eigenvalue weighted by atomic mass is 9.76. The summed E-state index contributed by atoms with van der Waals surface area (Å²) in [6.45, 7) is 10.1. The first kappa shape index (κ1) is 17.7. The number of fused-ring (bicyclic) bond motifs is 4. The highest BCUT2D eigenvalue weighted by atomic mass is 16.6. The Morgan fingerprint density at radius 1 is 1.38 bits per heavy atom. The number of carbonyl (C=O) groups is 1. The molecule has 134 valence electrons. The molecule has 24 heavy (non-hydrogen) atoms. The highest BCUT2D eigenvalue weighted by molar-refractivity contribution is 5.90. The summed E-state index contributed by atoms with van der Waals surface area (Å²) in [5, 5.41) is 11.0. The number of rotatable bonds is 0. The van der Waals surface area contributed by atoms with Gasteiger partial charge >= 0.3 is 5.97 Å². The average molecular weight is 334 g/mol. The maximum absolute atomic E-state index is 12.0. The average Bonchev–Trinajstić information content (AvgIpc) is 2.80. The molecule has 0 radical (unpaired) electrons. The van der Waals surface area contributed by atoms with Crippen molar-refractivity contribution in [2.75, 3.05) is 0 Å². The van der Waals surface area contributed by atoms with Crippen LogP contribution in [0.25, 0.3) is 0 Å². The number of hydrogen-bond acceptors (Lipinski definition) is 4. The van der Waals surface area contributed by atoms with Crippen molar-refractivity contribution in [3.63, 3.8) is 0 Å². The highest BCUT2D eigenvalue weighted by Gasteiger charge is 2.53. The van der Waals surface area contributed by atoms with Gasteiger partial charge in [0, 0.05) is 11.5 Å². The maximum Gasteiger partial charge on any atom is 0.334 e. The lowest BCUT2D eigenvalue weighted by molar-refractivity contribution is -0.208. The molecule has 2 unspecified atom stereocenters. The minimum atomic E-state index is -0.912. The predicted molar refractivity (Wildman–Crippen MR) is 92.4 cm³/mol. The number of aliphatic hydroxyl groups is 1. The van der Waals surface area contributed by atoms with Crippen LogP contribution >= 0.6 is 0 Å². The quantitative estimate of drug-likeness (QED) is 0.418. The third kappa shape index (κ3) is 3.31. The summed E-state index contributed by atoms with van der Waals surface area (Å²) in [5.74, 6) is -0.0506. The second-order valence-electron chi connectivity index (χ2n) is 8.14. The molecule has 3 aliphatic rings. The molecule has 0 aromatic rings. The van der Waals surface area contributed by atoms with Crippen molar-refractivity contribution in [1.82, 2.24) is 0 Å². The molecule has 0 amide bonds. The van der Waals surface area contributed by atoms with Crippen LogP contribution in [-0.4, -0.2) is 35.0 Å². The van der Waals surface area contributed by atoms with Gasteiger partial charge in [-0.15, -0.1) is 0 Å².